The average Bonchev–Trinajstić information content (AvgIpc) is 2.92. The van der Waals surface area contributed by atoms with E-state index >= 15 is 0 Å². The molecule has 0 N–H and O–H groups in total. The van der Waals surface area contributed by atoms with Gasteiger partial charge in [0.1, 0.15) is 0 Å². The molecule has 1 aliphatic heterocycles. The minimum absolute atomic E-state index is 0.262. The second-order valence-corrected chi connectivity index (χ2v) is 7.47. The number of hydrogen-bond donors (Lipinski definition) is 0. The largest absolute Gasteiger partial charge is 0.272 e. The number of amides is 2. The van der Waals surface area contributed by atoms with Crippen LogP contribution in [0.1, 0.15) is 110 Å². The van der Waals surface area contributed by atoms with Crippen LogP contribution in [0.2, 0.25) is 0 Å². The van der Waals surface area contributed by atoms with E-state index in [1.165, 1.54) is 89.9 Å². The number of carbonyl (C=O) groups excluding carboxylic acids is 2. The van der Waals surface area contributed by atoms with Gasteiger partial charge in [-0.2, -0.15) is 5.32 Å². The molecule has 1 atom stereocenters. The summed E-state index contributed by atoms with van der Waals surface area (Å²) in [5.41, 5.74) is 0. The lowest BCUT2D eigenvalue weighted by Gasteiger charge is -2.03. The molecule has 0 aromatic heterocycles. The standard InChI is InChI=1S/C22H38NO2/c1-2-3-4-5-6-7-8-9-10-11-12-13-14-15-16-17-18-20-19-21(24)23-22(20)25/h17-18,20H,2-16,19H2,1H3. The molecular formula is C22H38NO2. The van der Waals surface area contributed by atoms with E-state index in [2.05, 4.69) is 18.3 Å². The molecule has 0 aromatic carbocycles. The van der Waals surface area contributed by atoms with Crippen LogP contribution in [-0.2, 0) is 9.59 Å². The molecule has 1 unspecified atom stereocenters. The van der Waals surface area contributed by atoms with E-state index in [9.17, 15) is 9.59 Å². The van der Waals surface area contributed by atoms with Gasteiger partial charge in [0.15, 0.2) is 0 Å². The predicted octanol–water partition coefficient (Wildman–Crippen LogP) is 6.09. The first kappa shape index (κ1) is 21.9. The normalized spacial score (nSPS) is 17.6. The third-order valence-corrected chi connectivity index (χ3v) is 5.04. The third kappa shape index (κ3) is 12.0. The van der Waals surface area contributed by atoms with Gasteiger partial charge in [0.2, 0.25) is 5.91 Å². The van der Waals surface area contributed by atoms with Gasteiger partial charge in [-0.05, 0) is 12.8 Å². The van der Waals surface area contributed by atoms with Crippen LogP contribution in [0.15, 0.2) is 12.2 Å². The Bertz CT molecular complexity index is 389. The lowest BCUT2D eigenvalue weighted by molar-refractivity contribution is -0.125. The maximum absolute atomic E-state index is 11.3. The SMILES string of the molecule is CCCCCCCCCCCCCCCCC=CC1CC(=O)[N]C1=O. The molecule has 0 spiro atoms. The summed E-state index contributed by atoms with van der Waals surface area (Å²) >= 11 is 0. The predicted molar refractivity (Wildman–Crippen MR) is 104 cm³/mol. The Morgan fingerprint density at radius 1 is 0.800 bits per heavy atom. The van der Waals surface area contributed by atoms with Crippen molar-refractivity contribution in [2.24, 2.45) is 5.92 Å². The van der Waals surface area contributed by atoms with Crippen molar-refractivity contribution in [3.63, 3.8) is 0 Å². The van der Waals surface area contributed by atoms with Crippen molar-refractivity contribution in [2.45, 2.75) is 110 Å². The van der Waals surface area contributed by atoms with Gasteiger partial charge >= 0.3 is 0 Å². The highest BCUT2D eigenvalue weighted by atomic mass is 16.2. The first-order valence-corrected chi connectivity index (χ1v) is 10.7. The summed E-state index contributed by atoms with van der Waals surface area (Å²) in [5, 5.41) is 3.43. The Hall–Kier alpha value is -1.12. The maximum Gasteiger partial charge on any atom is 0.256 e. The molecule has 3 nitrogen and oxygen atoms in total. The van der Waals surface area contributed by atoms with Gasteiger partial charge in [0.25, 0.3) is 5.91 Å². The topological polar surface area (TPSA) is 48.2 Å². The van der Waals surface area contributed by atoms with E-state index in [0.717, 1.165) is 6.42 Å². The molecule has 2 amide bonds. The summed E-state index contributed by atoms with van der Waals surface area (Å²) in [4.78, 5) is 22.4. The zero-order valence-electron chi connectivity index (χ0n) is 16.3. The van der Waals surface area contributed by atoms with E-state index in [4.69, 9.17) is 0 Å². The maximum atomic E-state index is 11.3. The zero-order valence-corrected chi connectivity index (χ0v) is 16.3. The number of rotatable bonds is 16. The number of hydrogen-bond acceptors (Lipinski definition) is 2. The van der Waals surface area contributed by atoms with E-state index in [1.807, 2.05) is 6.08 Å². The van der Waals surface area contributed by atoms with Crippen LogP contribution in [0.5, 0.6) is 0 Å². The van der Waals surface area contributed by atoms with E-state index in [-0.39, 0.29) is 24.2 Å². The molecular weight excluding hydrogens is 310 g/mol. The highest BCUT2D eigenvalue weighted by molar-refractivity contribution is 6.03. The Balaban J connectivity index is 1.77. The fourth-order valence-electron chi connectivity index (χ4n) is 3.39. The number of carbonyl (C=O) groups is 2. The van der Waals surface area contributed by atoms with Gasteiger partial charge in [-0.1, -0.05) is 103 Å². The summed E-state index contributed by atoms with van der Waals surface area (Å²) < 4.78 is 0. The quantitative estimate of drug-likeness (QED) is 0.192. The Labute approximate surface area is 155 Å². The summed E-state index contributed by atoms with van der Waals surface area (Å²) in [6, 6.07) is 0. The minimum Gasteiger partial charge on any atom is -0.272 e. The van der Waals surface area contributed by atoms with Gasteiger partial charge in [-0.25, -0.2) is 0 Å². The van der Waals surface area contributed by atoms with Gasteiger partial charge in [-0.15, -0.1) is 0 Å². The number of nitrogens with zero attached hydrogens (tertiary/aromatic N) is 1. The lowest BCUT2D eigenvalue weighted by Crippen LogP contribution is -2.13. The molecule has 0 saturated carbocycles. The molecule has 1 saturated heterocycles. The van der Waals surface area contributed by atoms with E-state index in [1.54, 1.807) is 0 Å². The molecule has 0 aromatic rings. The van der Waals surface area contributed by atoms with Crippen LogP contribution in [0.25, 0.3) is 0 Å². The van der Waals surface area contributed by atoms with Crippen molar-refractivity contribution in [1.82, 2.24) is 5.32 Å². The number of allylic oxidation sites excluding steroid dienone is 1. The molecule has 1 radical (unpaired) electrons. The first-order valence-electron chi connectivity index (χ1n) is 10.7. The molecule has 0 bridgehead atoms. The minimum atomic E-state index is -0.279. The molecule has 1 heterocycles. The molecule has 143 valence electrons. The fraction of sp³-hybridized carbons (Fsp3) is 0.818. The van der Waals surface area contributed by atoms with Gasteiger partial charge in [0, 0.05) is 6.42 Å². The average molecular weight is 349 g/mol. The van der Waals surface area contributed by atoms with Crippen molar-refractivity contribution in [3.8, 4) is 0 Å². The van der Waals surface area contributed by atoms with E-state index < -0.39 is 0 Å². The molecule has 25 heavy (non-hydrogen) atoms. The molecule has 1 aliphatic rings. The second-order valence-electron chi connectivity index (χ2n) is 7.47. The van der Waals surface area contributed by atoms with Gasteiger partial charge < -0.3 is 0 Å². The zero-order chi connectivity index (χ0) is 18.2. The van der Waals surface area contributed by atoms with Crippen molar-refractivity contribution >= 4 is 11.8 Å². The molecule has 1 rings (SSSR count). The molecule has 3 heteroatoms. The van der Waals surface area contributed by atoms with Crippen LogP contribution >= 0.6 is 0 Å². The van der Waals surface area contributed by atoms with Crippen LogP contribution in [0, 0.1) is 5.92 Å². The Morgan fingerprint density at radius 2 is 1.28 bits per heavy atom. The molecule has 1 fully saturated rings. The molecule has 0 aliphatic carbocycles. The Kier molecular flexibility index (Phi) is 13.3. The first-order chi connectivity index (χ1) is 12.2. The van der Waals surface area contributed by atoms with E-state index in [0.29, 0.717) is 0 Å². The van der Waals surface area contributed by atoms with Crippen LogP contribution in [0.3, 0.4) is 0 Å². The summed E-state index contributed by atoms with van der Waals surface area (Å²) in [7, 11) is 0. The monoisotopic (exact) mass is 348 g/mol. The lowest BCUT2D eigenvalue weighted by atomic mass is 10.0. The van der Waals surface area contributed by atoms with Gasteiger partial charge in [0.05, 0.1) is 5.92 Å². The van der Waals surface area contributed by atoms with Crippen LogP contribution < -0.4 is 5.32 Å². The third-order valence-electron chi connectivity index (χ3n) is 5.04. The van der Waals surface area contributed by atoms with Crippen molar-refractivity contribution < 1.29 is 9.59 Å². The summed E-state index contributed by atoms with van der Waals surface area (Å²) in [6.07, 6.45) is 24.4. The summed E-state index contributed by atoms with van der Waals surface area (Å²) in [6.45, 7) is 2.27. The van der Waals surface area contributed by atoms with Crippen LogP contribution in [0.4, 0.5) is 0 Å². The Morgan fingerprint density at radius 3 is 1.72 bits per heavy atom. The fourth-order valence-corrected chi connectivity index (χ4v) is 3.39. The number of unbranched alkanes of at least 4 members (excludes halogenated alkanes) is 14. The highest BCUT2D eigenvalue weighted by Gasteiger charge is 2.30. The smallest absolute Gasteiger partial charge is 0.256 e. The summed E-state index contributed by atoms with van der Waals surface area (Å²) in [5.74, 6) is -0.808. The van der Waals surface area contributed by atoms with Crippen molar-refractivity contribution in [3.05, 3.63) is 12.2 Å². The number of imide groups is 1. The highest BCUT2D eigenvalue weighted by Crippen LogP contribution is 2.15. The van der Waals surface area contributed by atoms with Crippen molar-refractivity contribution in [2.75, 3.05) is 0 Å². The second kappa shape index (κ2) is 15.2. The van der Waals surface area contributed by atoms with Crippen molar-refractivity contribution in [1.29, 1.82) is 0 Å². The van der Waals surface area contributed by atoms with Crippen LogP contribution in [-0.4, -0.2) is 11.8 Å². The van der Waals surface area contributed by atoms with Gasteiger partial charge in [-0.3, -0.25) is 9.59 Å².